The van der Waals surface area contributed by atoms with Crippen LogP contribution in [-0.2, 0) is 27.2 Å². The van der Waals surface area contributed by atoms with Crippen LogP contribution in [0, 0.1) is 12.3 Å². The van der Waals surface area contributed by atoms with Gasteiger partial charge in [0.1, 0.15) is 24.4 Å². The third-order valence-corrected chi connectivity index (χ3v) is 8.70. The number of imidazole rings is 1. The van der Waals surface area contributed by atoms with Gasteiger partial charge in [0, 0.05) is 50.5 Å². The number of methoxy groups -OCH3 is 1. The molecule has 216 valence electrons. The maximum atomic E-state index is 13.5. The summed E-state index contributed by atoms with van der Waals surface area (Å²) >= 11 is 6.54. The minimum atomic E-state index is -4.63. The number of alkyl halides is 3. The number of rotatable bonds is 11. The Labute approximate surface area is 236 Å². The smallest absolute Gasteiger partial charge is 0.434 e. The highest BCUT2D eigenvalue weighted by Crippen LogP contribution is 2.47. The largest absolute Gasteiger partial charge is 0.476 e. The highest BCUT2D eigenvalue weighted by Gasteiger charge is 2.52. The van der Waals surface area contributed by atoms with Crippen LogP contribution in [-0.4, -0.2) is 53.9 Å². The molecule has 0 aromatic carbocycles. The number of hydrogen-bond acceptors (Lipinski definition) is 7. The van der Waals surface area contributed by atoms with Crippen LogP contribution in [0.2, 0.25) is 30.7 Å². The summed E-state index contributed by atoms with van der Waals surface area (Å²) < 4.78 is 58.0. The number of hydrogen-bond donors (Lipinski definition) is 0. The number of aryl methyl sites for hydroxylation is 1. The standard InChI is InChI=1S/C27H32ClF3N4O4Si/c1-17-10-22(39-15-26(6-7-26)25(36)37-2)32-13-19(17)18-11-20(28)23(33-12-18)24-34-21(27(29,30)31)14-35(24)16-38-8-9-40(3,4)5/h10-14H,6-9,15-16H2,1-5H3. The molecule has 0 unspecified atom stereocenters. The first-order chi connectivity index (χ1) is 18.7. The molecule has 3 aromatic heterocycles. The maximum Gasteiger partial charge on any atom is 0.434 e. The molecule has 13 heteroatoms. The number of nitrogens with zero attached hydrogens (tertiary/aromatic N) is 4. The number of carbonyl (C=O) groups excluding carboxylic acids is 1. The predicted octanol–water partition coefficient (Wildman–Crippen LogP) is 6.63. The van der Waals surface area contributed by atoms with Crippen LogP contribution >= 0.6 is 11.6 Å². The topological polar surface area (TPSA) is 88.4 Å². The molecule has 1 fully saturated rings. The quantitative estimate of drug-likeness (QED) is 0.139. The second-order valence-electron chi connectivity index (χ2n) is 11.2. The summed E-state index contributed by atoms with van der Waals surface area (Å²) in [5.41, 5.74) is 0.616. The maximum absolute atomic E-state index is 13.5. The molecule has 0 atom stereocenters. The van der Waals surface area contributed by atoms with Gasteiger partial charge in [0.25, 0.3) is 0 Å². The lowest BCUT2D eigenvalue weighted by Gasteiger charge is -2.16. The van der Waals surface area contributed by atoms with Crippen LogP contribution in [0.5, 0.6) is 5.88 Å². The normalized spacial score (nSPS) is 14.7. The summed E-state index contributed by atoms with van der Waals surface area (Å²) in [6, 6.07) is 4.23. The SMILES string of the molecule is COC(=O)C1(COc2cc(C)c(-c3cnc(-c4nc(C(F)(F)F)cn4COCC[Si](C)(C)C)c(Cl)c3)cn2)CC1. The lowest BCUT2D eigenvalue weighted by Crippen LogP contribution is -2.24. The van der Waals surface area contributed by atoms with Crippen molar-refractivity contribution < 1.29 is 32.2 Å². The molecular weight excluding hydrogens is 565 g/mol. The Bertz CT molecular complexity index is 1390. The molecule has 8 nitrogen and oxygen atoms in total. The summed E-state index contributed by atoms with van der Waals surface area (Å²) in [5, 5.41) is 0.133. The number of ether oxygens (including phenoxy) is 3. The van der Waals surface area contributed by atoms with Gasteiger partial charge in [-0.2, -0.15) is 13.2 Å². The molecule has 1 aliphatic rings. The zero-order valence-electron chi connectivity index (χ0n) is 23.1. The van der Waals surface area contributed by atoms with E-state index in [9.17, 15) is 18.0 Å². The average Bonchev–Trinajstić information content (AvgIpc) is 3.55. The third-order valence-electron chi connectivity index (χ3n) is 6.71. The van der Waals surface area contributed by atoms with Crippen molar-refractivity contribution in [3.8, 4) is 28.5 Å². The molecule has 1 aliphatic carbocycles. The molecule has 0 radical (unpaired) electrons. The molecular formula is C27H32ClF3N4O4Si. The van der Waals surface area contributed by atoms with Crippen molar-refractivity contribution in [1.29, 1.82) is 0 Å². The Morgan fingerprint density at radius 2 is 1.90 bits per heavy atom. The monoisotopic (exact) mass is 596 g/mol. The fourth-order valence-electron chi connectivity index (χ4n) is 4.03. The second kappa shape index (κ2) is 11.5. The first-order valence-corrected chi connectivity index (χ1v) is 16.9. The molecule has 3 heterocycles. The molecule has 40 heavy (non-hydrogen) atoms. The van der Waals surface area contributed by atoms with Gasteiger partial charge in [0.05, 0.1) is 12.1 Å². The number of pyridine rings is 2. The van der Waals surface area contributed by atoms with Gasteiger partial charge < -0.3 is 18.8 Å². The number of halogens is 4. The first-order valence-electron chi connectivity index (χ1n) is 12.8. The van der Waals surface area contributed by atoms with E-state index in [1.165, 1.54) is 17.9 Å². The van der Waals surface area contributed by atoms with Crippen LogP contribution in [0.3, 0.4) is 0 Å². The van der Waals surface area contributed by atoms with Crippen molar-refractivity contribution in [2.24, 2.45) is 5.41 Å². The van der Waals surface area contributed by atoms with Gasteiger partial charge in [-0.3, -0.25) is 9.78 Å². The van der Waals surface area contributed by atoms with E-state index < -0.39 is 25.4 Å². The van der Waals surface area contributed by atoms with Crippen molar-refractivity contribution in [2.45, 2.75) is 58.4 Å². The molecule has 0 bridgehead atoms. The van der Waals surface area contributed by atoms with E-state index >= 15 is 0 Å². The minimum Gasteiger partial charge on any atom is -0.476 e. The van der Waals surface area contributed by atoms with Gasteiger partial charge in [0.15, 0.2) is 11.5 Å². The van der Waals surface area contributed by atoms with E-state index in [1.54, 1.807) is 18.3 Å². The van der Waals surface area contributed by atoms with E-state index in [1.807, 2.05) is 6.92 Å². The van der Waals surface area contributed by atoms with Crippen LogP contribution in [0.15, 0.2) is 30.7 Å². The van der Waals surface area contributed by atoms with Crippen molar-refractivity contribution in [3.63, 3.8) is 0 Å². The summed E-state index contributed by atoms with van der Waals surface area (Å²) in [4.78, 5) is 24.5. The Balaban J connectivity index is 1.54. The first kappa shape index (κ1) is 30.0. The number of esters is 1. The summed E-state index contributed by atoms with van der Waals surface area (Å²) in [7, 11) is -0.00815. The van der Waals surface area contributed by atoms with Gasteiger partial charge in [0.2, 0.25) is 5.88 Å². The van der Waals surface area contributed by atoms with E-state index in [0.29, 0.717) is 30.9 Å². The number of carbonyl (C=O) groups is 1. The highest BCUT2D eigenvalue weighted by atomic mass is 35.5. The van der Waals surface area contributed by atoms with E-state index in [2.05, 4.69) is 34.6 Å². The lowest BCUT2D eigenvalue weighted by atomic mass is 10.0. The van der Waals surface area contributed by atoms with Gasteiger partial charge in [-0.1, -0.05) is 31.2 Å². The molecule has 0 amide bonds. The van der Waals surface area contributed by atoms with Gasteiger partial charge in [-0.05, 0) is 37.4 Å². The molecule has 1 saturated carbocycles. The zero-order valence-corrected chi connectivity index (χ0v) is 24.8. The van der Waals surface area contributed by atoms with Crippen LogP contribution in [0.4, 0.5) is 13.2 Å². The average molecular weight is 597 g/mol. The lowest BCUT2D eigenvalue weighted by molar-refractivity contribution is -0.148. The second-order valence-corrected chi connectivity index (χ2v) is 17.2. The van der Waals surface area contributed by atoms with E-state index in [0.717, 1.165) is 23.4 Å². The third kappa shape index (κ3) is 7.02. The molecule has 4 rings (SSSR count). The van der Waals surface area contributed by atoms with Crippen molar-refractivity contribution in [1.82, 2.24) is 19.5 Å². The van der Waals surface area contributed by atoms with E-state index in [-0.39, 0.29) is 35.8 Å². The number of aromatic nitrogens is 4. The molecule has 0 spiro atoms. The minimum absolute atomic E-state index is 0.0323. The molecule has 0 saturated heterocycles. The van der Waals surface area contributed by atoms with Crippen LogP contribution < -0.4 is 4.74 Å². The summed E-state index contributed by atoms with van der Waals surface area (Å²) in [5.74, 6) is 0.0424. The van der Waals surface area contributed by atoms with Gasteiger partial charge >= 0.3 is 12.1 Å². The Morgan fingerprint density at radius 3 is 2.48 bits per heavy atom. The summed E-state index contributed by atoms with van der Waals surface area (Å²) in [6.07, 6.45) is 0.813. The van der Waals surface area contributed by atoms with Gasteiger partial charge in [-0.15, -0.1) is 0 Å². The van der Waals surface area contributed by atoms with Crippen molar-refractivity contribution >= 4 is 25.6 Å². The fourth-order valence-corrected chi connectivity index (χ4v) is 5.04. The zero-order chi connectivity index (χ0) is 29.3. The van der Waals surface area contributed by atoms with Crippen LogP contribution in [0.1, 0.15) is 24.1 Å². The van der Waals surface area contributed by atoms with Gasteiger partial charge in [-0.25, -0.2) is 9.97 Å². The molecule has 0 aliphatic heterocycles. The Hall–Kier alpha value is -2.96. The van der Waals surface area contributed by atoms with Crippen LogP contribution in [0.25, 0.3) is 22.6 Å². The molecule has 0 N–H and O–H groups in total. The predicted molar refractivity (Wildman–Crippen MR) is 147 cm³/mol. The molecule has 3 aromatic rings. The summed E-state index contributed by atoms with van der Waals surface area (Å²) in [6.45, 7) is 8.95. The fraction of sp³-hybridized carbons (Fsp3) is 0.481. The Morgan fingerprint density at radius 1 is 1.18 bits per heavy atom. The van der Waals surface area contributed by atoms with Crippen molar-refractivity contribution in [3.05, 3.63) is 47.0 Å². The highest BCUT2D eigenvalue weighted by molar-refractivity contribution is 6.76. The van der Waals surface area contributed by atoms with E-state index in [4.69, 9.17) is 25.8 Å². The van der Waals surface area contributed by atoms with Crippen molar-refractivity contribution in [2.75, 3.05) is 20.3 Å². The Kier molecular flexibility index (Phi) is 8.62.